The van der Waals surface area contributed by atoms with Crippen LogP contribution in [0.15, 0.2) is 85.1 Å². The molecule has 0 fully saturated rings. The Hall–Kier alpha value is -5.09. The number of hydrogen-bond acceptors (Lipinski definition) is 8. The molecule has 1 amide bonds. The molecule has 3 aromatic carbocycles. The second-order valence-corrected chi connectivity index (χ2v) is 12.3. The summed E-state index contributed by atoms with van der Waals surface area (Å²) in [5, 5.41) is 9.32. The Morgan fingerprint density at radius 3 is 2.08 bits per heavy atom. The fourth-order valence-corrected chi connectivity index (χ4v) is 5.74. The van der Waals surface area contributed by atoms with E-state index in [9.17, 15) is 9.90 Å². The second-order valence-electron chi connectivity index (χ2n) is 12.3. The molecule has 0 radical (unpaired) electrons. The van der Waals surface area contributed by atoms with Crippen LogP contribution in [0, 0.1) is 6.92 Å². The van der Waals surface area contributed by atoms with Crippen molar-refractivity contribution in [2.75, 3.05) is 64.3 Å². The van der Waals surface area contributed by atoms with Gasteiger partial charge in [0, 0.05) is 58.5 Å². The third kappa shape index (κ3) is 9.04. The average molecular weight is 651 g/mol. The standard InChI is InChI=1S/C38H46N6O4/c1-28-7-6-8-32(23-28)43-19-17-31(18-20-43)37-35(27-41(2)21-22-42(3)38(45)46)39-24-36(40-37)44(25-29-9-13-33(47-4)14-10-29)26-30-11-15-34(48-5)16-12-30/h6-17,23-24H,18-22,25-27H2,1-5H3,(H,45,46). The lowest BCUT2D eigenvalue weighted by Crippen LogP contribution is -2.34. The molecule has 0 saturated heterocycles. The molecule has 0 atom stereocenters. The van der Waals surface area contributed by atoms with Gasteiger partial charge in [-0.2, -0.15) is 0 Å². The van der Waals surface area contributed by atoms with Gasteiger partial charge in [-0.1, -0.05) is 42.5 Å². The summed E-state index contributed by atoms with van der Waals surface area (Å²) in [4.78, 5) is 29.8. The molecule has 10 heteroatoms. The molecule has 48 heavy (non-hydrogen) atoms. The van der Waals surface area contributed by atoms with Crippen molar-refractivity contribution >= 4 is 23.2 Å². The monoisotopic (exact) mass is 650 g/mol. The number of benzene rings is 3. The Balaban J connectivity index is 1.48. The maximum Gasteiger partial charge on any atom is 0.407 e. The van der Waals surface area contributed by atoms with Crippen molar-refractivity contribution in [2.45, 2.75) is 33.0 Å². The van der Waals surface area contributed by atoms with Crippen molar-refractivity contribution in [1.82, 2.24) is 19.8 Å². The Kier molecular flexibility index (Phi) is 11.5. The first kappa shape index (κ1) is 34.3. The lowest BCUT2D eigenvalue weighted by Gasteiger charge is -2.30. The van der Waals surface area contributed by atoms with E-state index in [4.69, 9.17) is 19.4 Å². The fraction of sp³-hybridized carbons (Fsp3) is 0.342. The first-order valence-corrected chi connectivity index (χ1v) is 16.2. The topological polar surface area (TPSA) is 94.5 Å². The van der Waals surface area contributed by atoms with E-state index in [0.717, 1.165) is 59.3 Å². The summed E-state index contributed by atoms with van der Waals surface area (Å²) in [7, 11) is 6.92. The Morgan fingerprint density at radius 1 is 0.896 bits per heavy atom. The van der Waals surface area contributed by atoms with E-state index >= 15 is 0 Å². The Bertz CT molecular complexity index is 1640. The molecule has 0 unspecified atom stereocenters. The van der Waals surface area contributed by atoms with Crippen LogP contribution >= 0.6 is 0 Å². The van der Waals surface area contributed by atoms with Crippen molar-refractivity contribution < 1.29 is 19.4 Å². The molecule has 0 saturated carbocycles. The zero-order chi connectivity index (χ0) is 34.0. The number of ether oxygens (including phenoxy) is 2. The Morgan fingerprint density at radius 2 is 1.54 bits per heavy atom. The zero-order valence-electron chi connectivity index (χ0n) is 28.6. The summed E-state index contributed by atoms with van der Waals surface area (Å²) in [6.45, 7) is 6.57. The van der Waals surface area contributed by atoms with E-state index in [1.54, 1.807) is 21.3 Å². The highest BCUT2D eigenvalue weighted by Gasteiger charge is 2.22. The molecule has 0 aliphatic carbocycles. The number of aryl methyl sites for hydroxylation is 1. The number of anilines is 2. The highest BCUT2D eigenvalue weighted by Crippen LogP contribution is 2.30. The lowest BCUT2D eigenvalue weighted by atomic mass is 10.0. The van der Waals surface area contributed by atoms with Crippen molar-refractivity contribution in [1.29, 1.82) is 0 Å². The summed E-state index contributed by atoms with van der Waals surface area (Å²) < 4.78 is 10.8. The predicted octanol–water partition coefficient (Wildman–Crippen LogP) is 6.34. The normalized spacial score (nSPS) is 12.9. The van der Waals surface area contributed by atoms with Crippen molar-refractivity contribution in [2.24, 2.45) is 0 Å². The SMILES string of the molecule is COc1ccc(CN(Cc2ccc(OC)cc2)c2cnc(CN(C)CCN(C)C(=O)O)c(C3=CCN(c4cccc(C)c4)CC3)n2)cc1. The largest absolute Gasteiger partial charge is 0.497 e. The number of nitrogens with zero attached hydrogens (tertiary/aromatic N) is 6. The molecule has 1 aliphatic heterocycles. The summed E-state index contributed by atoms with van der Waals surface area (Å²) >= 11 is 0. The second kappa shape index (κ2) is 16.1. The quantitative estimate of drug-likeness (QED) is 0.168. The molecule has 10 nitrogen and oxygen atoms in total. The van der Waals surface area contributed by atoms with E-state index in [1.807, 2.05) is 37.5 Å². The van der Waals surface area contributed by atoms with Gasteiger partial charge in [0.2, 0.25) is 0 Å². The number of amides is 1. The van der Waals surface area contributed by atoms with E-state index in [0.29, 0.717) is 32.7 Å². The van der Waals surface area contributed by atoms with Crippen molar-refractivity contribution in [3.05, 3.63) is 113 Å². The van der Waals surface area contributed by atoms with Crippen LogP contribution in [0.2, 0.25) is 0 Å². The third-order valence-corrected chi connectivity index (χ3v) is 8.67. The molecular formula is C38H46N6O4. The third-order valence-electron chi connectivity index (χ3n) is 8.67. The minimum Gasteiger partial charge on any atom is -0.497 e. The highest BCUT2D eigenvalue weighted by molar-refractivity contribution is 5.69. The van der Waals surface area contributed by atoms with Gasteiger partial charge in [0.05, 0.1) is 31.8 Å². The molecule has 5 rings (SSSR count). The first-order valence-electron chi connectivity index (χ1n) is 16.2. The molecular weight excluding hydrogens is 604 g/mol. The molecule has 0 spiro atoms. The van der Waals surface area contributed by atoms with Crippen LogP contribution in [0.25, 0.3) is 5.57 Å². The van der Waals surface area contributed by atoms with Crippen LogP contribution in [0.4, 0.5) is 16.3 Å². The van der Waals surface area contributed by atoms with Crippen molar-refractivity contribution in [3.63, 3.8) is 0 Å². The van der Waals surface area contributed by atoms with Crippen LogP contribution in [0.3, 0.4) is 0 Å². The number of methoxy groups -OCH3 is 2. The maximum atomic E-state index is 11.4. The summed E-state index contributed by atoms with van der Waals surface area (Å²) in [6, 6.07) is 24.8. The van der Waals surface area contributed by atoms with Gasteiger partial charge in [-0.3, -0.25) is 9.88 Å². The summed E-state index contributed by atoms with van der Waals surface area (Å²) in [6.07, 6.45) is 4.04. The van der Waals surface area contributed by atoms with Gasteiger partial charge in [0.15, 0.2) is 0 Å². The van der Waals surface area contributed by atoms with Crippen LogP contribution in [-0.2, 0) is 19.6 Å². The summed E-state index contributed by atoms with van der Waals surface area (Å²) in [5.74, 6) is 2.42. The highest BCUT2D eigenvalue weighted by atomic mass is 16.5. The van der Waals surface area contributed by atoms with Crippen LogP contribution < -0.4 is 19.3 Å². The number of carbonyl (C=O) groups is 1. The molecule has 4 aromatic rings. The van der Waals surface area contributed by atoms with Gasteiger partial charge < -0.3 is 29.3 Å². The number of hydrogen-bond donors (Lipinski definition) is 1. The van der Waals surface area contributed by atoms with Crippen LogP contribution in [-0.4, -0.2) is 85.5 Å². The minimum atomic E-state index is -0.937. The maximum absolute atomic E-state index is 11.4. The van der Waals surface area contributed by atoms with E-state index in [2.05, 4.69) is 76.2 Å². The predicted molar refractivity (Wildman–Crippen MR) is 191 cm³/mol. The zero-order valence-corrected chi connectivity index (χ0v) is 28.6. The van der Waals surface area contributed by atoms with Gasteiger partial charge in [0.25, 0.3) is 0 Å². The van der Waals surface area contributed by atoms with Gasteiger partial charge in [-0.05, 0) is 79.1 Å². The van der Waals surface area contributed by atoms with Crippen LogP contribution in [0.1, 0.15) is 34.5 Å². The number of aromatic nitrogens is 2. The molecule has 1 aromatic heterocycles. The smallest absolute Gasteiger partial charge is 0.407 e. The minimum absolute atomic E-state index is 0.401. The molecule has 0 bridgehead atoms. The average Bonchev–Trinajstić information content (AvgIpc) is 3.11. The van der Waals surface area contributed by atoms with Crippen molar-refractivity contribution in [3.8, 4) is 11.5 Å². The Labute approximate surface area is 283 Å². The van der Waals surface area contributed by atoms with E-state index in [1.165, 1.54) is 21.7 Å². The van der Waals surface area contributed by atoms with Crippen LogP contribution in [0.5, 0.6) is 11.5 Å². The van der Waals surface area contributed by atoms with Gasteiger partial charge in [-0.15, -0.1) is 0 Å². The van der Waals surface area contributed by atoms with Gasteiger partial charge >= 0.3 is 6.09 Å². The fourth-order valence-electron chi connectivity index (χ4n) is 5.74. The molecule has 252 valence electrons. The van der Waals surface area contributed by atoms with E-state index < -0.39 is 6.09 Å². The molecule has 1 aliphatic rings. The summed E-state index contributed by atoms with van der Waals surface area (Å²) in [5.41, 5.74) is 7.67. The number of carboxylic acid groups (broad SMARTS) is 1. The molecule has 1 N–H and O–H groups in total. The molecule has 2 heterocycles. The lowest BCUT2D eigenvalue weighted by molar-refractivity contribution is 0.150. The van der Waals surface area contributed by atoms with Gasteiger partial charge in [-0.25, -0.2) is 9.78 Å². The number of rotatable bonds is 14. The van der Waals surface area contributed by atoms with E-state index in [-0.39, 0.29) is 0 Å². The first-order chi connectivity index (χ1) is 23.2. The number of likely N-dealkylation sites (N-methyl/N-ethyl adjacent to an activating group) is 2. The van der Waals surface area contributed by atoms with Gasteiger partial charge in [0.1, 0.15) is 17.3 Å².